The Kier molecular flexibility index (Phi) is 5.57. The second-order valence-electron chi connectivity index (χ2n) is 7.34. The lowest BCUT2D eigenvalue weighted by molar-refractivity contribution is -0.120. The molecule has 0 aliphatic carbocycles. The highest BCUT2D eigenvalue weighted by molar-refractivity contribution is 8.00. The van der Waals surface area contributed by atoms with Crippen LogP contribution in [0.5, 0.6) is 0 Å². The number of amides is 1. The van der Waals surface area contributed by atoms with Crippen LogP contribution in [0.15, 0.2) is 18.3 Å². The summed E-state index contributed by atoms with van der Waals surface area (Å²) in [4.78, 5) is 16.0. The number of thioether (sulfide) groups is 1. The molecule has 2 aliphatic heterocycles. The lowest BCUT2D eigenvalue weighted by Gasteiger charge is -2.25. The molecule has 1 aromatic rings. The fourth-order valence-electron chi connectivity index (χ4n) is 3.83. The Bertz CT molecular complexity index is 681. The molecule has 2 aliphatic rings. The summed E-state index contributed by atoms with van der Waals surface area (Å²) >= 11 is 1.92. The van der Waals surface area contributed by atoms with Crippen molar-refractivity contribution in [3.8, 4) is 0 Å². The van der Waals surface area contributed by atoms with Crippen LogP contribution in [-0.4, -0.2) is 22.0 Å². The number of carbonyl (C=O) groups is 1. The van der Waals surface area contributed by atoms with Gasteiger partial charge in [0.15, 0.2) is 0 Å². The van der Waals surface area contributed by atoms with E-state index in [0.717, 1.165) is 44.2 Å². The van der Waals surface area contributed by atoms with Crippen LogP contribution in [0, 0.1) is 11.3 Å². The Morgan fingerprint density at radius 1 is 1.44 bits per heavy atom. The molecule has 3 rings (SSSR count). The maximum absolute atomic E-state index is 12.6. The molecule has 0 bridgehead atoms. The van der Waals surface area contributed by atoms with Gasteiger partial charge in [-0.2, -0.15) is 0 Å². The van der Waals surface area contributed by atoms with Crippen LogP contribution >= 0.6 is 11.8 Å². The first kappa shape index (κ1) is 18.1. The van der Waals surface area contributed by atoms with E-state index in [1.165, 1.54) is 16.8 Å². The van der Waals surface area contributed by atoms with Crippen molar-refractivity contribution in [3.63, 3.8) is 0 Å². The highest BCUT2D eigenvalue weighted by Crippen LogP contribution is 2.54. The van der Waals surface area contributed by atoms with Crippen LogP contribution in [0.4, 0.5) is 5.69 Å². The van der Waals surface area contributed by atoms with E-state index < -0.39 is 0 Å². The number of carbonyl (C=O) groups excluding carboxylic acids is 1. The highest BCUT2D eigenvalue weighted by Gasteiger charge is 2.45. The van der Waals surface area contributed by atoms with Gasteiger partial charge in [-0.3, -0.25) is 10.2 Å². The van der Waals surface area contributed by atoms with E-state index in [4.69, 9.17) is 11.1 Å². The summed E-state index contributed by atoms with van der Waals surface area (Å²) in [5.41, 5.74) is 10.1. The molecule has 0 saturated carbocycles. The lowest BCUT2D eigenvalue weighted by atomic mass is 9.91. The molecule has 1 fully saturated rings. The van der Waals surface area contributed by atoms with Gasteiger partial charge >= 0.3 is 0 Å². The minimum atomic E-state index is 0.0572. The topological polar surface area (TPSA) is 94.8 Å². The van der Waals surface area contributed by atoms with Gasteiger partial charge in [-0.1, -0.05) is 5.57 Å². The Morgan fingerprint density at radius 3 is 2.96 bits per heavy atom. The number of amidine groups is 1. The number of nitrogens with two attached hydrogens (primary N) is 1. The number of hydrogen-bond donors (Lipinski definition) is 4. The van der Waals surface area contributed by atoms with E-state index in [1.54, 1.807) is 0 Å². The van der Waals surface area contributed by atoms with Gasteiger partial charge in [0.2, 0.25) is 5.91 Å². The monoisotopic (exact) mass is 360 g/mol. The van der Waals surface area contributed by atoms with E-state index >= 15 is 0 Å². The summed E-state index contributed by atoms with van der Waals surface area (Å²) in [7, 11) is 0. The number of fused-ring (bicyclic) bond motifs is 3. The third-order valence-electron chi connectivity index (χ3n) is 5.11. The van der Waals surface area contributed by atoms with E-state index in [9.17, 15) is 4.79 Å². The average Bonchev–Trinajstić information content (AvgIpc) is 3.11. The molecule has 1 aromatic heterocycles. The SMILES string of the molecule is C=C(C)CCCc1c[nH]c2c1NC(=O)C1CC(CCCC(=N)N)SC21. The number of H-pyrrole nitrogens is 1. The lowest BCUT2D eigenvalue weighted by Crippen LogP contribution is -2.30. The molecule has 1 saturated heterocycles. The van der Waals surface area contributed by atoms with Crippen molar-refractivity contribution in [1.29, 1.82) is 5.41 Å². The first-order chi connectivity index (χ1) is 12.0. The zero-order chi connectivity index (χ0) is 18.0. The first-order valence-corrected chi connectivity index (χ1v) is 10.0. The average molecular weight is 361 g/mol. The number of hydrogen-bond acceptors (Lipinski definition) is 3. The van der Waals surface area contributed by atoms with Crippen LogP contribution in [0.1, 0.15) is 62.0 Å². The predicted molar refractivity (Wildman–Crippen MR) is 105 cm³/mol. The van der Waals surface area contributed by atoms with Gasteiger partial charge in [0.05, 0.1) is 28.4 Å². The zero-order valence-electron chi connectivity index (χ0n) is 14.9. The van der Waals surface area contributed by atoms with Crippen LogP contribution in [-0.2, 0) is 11.2 Å². The maximum Gasteiger partial charge on any atom is 0.229 e. The van der Waals surface area contributed by atoms with Crippen molar-refractivity contribution in [1.82, 2.24) is 4.98 Å². The summed E-state index contributed by atoms with van der Waals surface area (Å²) < 4.78 is 0. The van der Waals surface area contributed by atoms with Crippen molar-refractivity contribution >= 4 is 29.2 Å². The molecule has 3 atom stereocenters. The van der Waals surface area contributed by atoms with Crippen molar-refractivity contribution in [2.75, 3.05) is 5.32 Å². The Hall–Kier alpha value is -1.69. The van der Waals surface area contributed by atoms with E-state index in [1.807, 2.05) is 11.8 Å². The second-order valence-corrected chi connectivity index (χ2v) is 8.79. The number of aryl methyl sites for hydroxylation is 1. The van der Waals surface area contributed by atoms with E-state index in [-0.39, 0.29) is 22.9 Å². The van der Waals surface area contributed by atoms with Crippen molar-refractivity contribution < 1.29 is 4.79 Å². The van der Waals surface area contributed by atoms with Gasteiger partial charge < -0.3 is 16.0 Å². The molecule has 0 aromatic carbocycles. The number of rotatable bonds is 8. The minimum Gasteiger partial charge on any atom is -0.388 e. The van der Waals surface area contributed by atoms with Crippen LogP contribution in [0.25, 0.3) is 0 Å². The normalized spacial score (nSPS) is 24.5. The van der Waals surface area contributed by atoms with Gasteiger partial charge in [0.25, 0.3) is 0 Å². The summed E-state index contributed by atoms with van der Waals surface area (Å²) in [6.45, 7) is 6.01. The molecule has 3 heterocycles. The molecule has 25 heavy (non-hydrogen) atoms. The van der Waals surface area contributed by atoms with Crippen LogP contribution in [0.2, 0.25) is 0 Å². The third-order valence-corrected chi connectivity index (χ3v) is 6.78. The fourth-order valence-corrected chi connectivity index (χ4v) is 5.61. The van der Waals surface area contributed by atoms with Gasteiger partial charge in [-0.25, -0.2) is 0 Å². The molecule has 5 N–H and O–H groups in total. The number of allylic oxidation sites excluding steroid dienone is 1. The van der Waals surface area contributed by atoms with Gasteiger partial charge in [0, 0.05) is 17.9 Å². The van der Waals surface area contributed by atoms with Crippen LogP contribution in [0.3, 0.4) is 0 Å². The molecule has 1 amide bonds. The molecule has 0 radical (unpaired) electrons. The highest BCUT2D eigenvalue weighted by atomic mass is 32.2. The number of nitrogens with one attached hydrogen (secondary N) is 3. The van der Waals surface area contributed by atoms with Gasteiger partial charge in [0.1, 0.15) is 0 Å². The minimum absolute atomic E-state index is 0.0572. The zero-order valence-corrected chi connectivity index (χ0v) is 15.7. The largest absolute Gasteiger partial charge is 0.388 e. The Balaban J connectivity index is 1.66. The van der Waals surface area contributed by atoms with Gasteiger partial charge in [-0.05, 0) is 51.0 Å². The molecule has 136 valence electrons. The standard InChI is InChI=1S/C19H28N4OS/c1-11(2)5-3-6-12-10-22-17-16(12)23-19(24)14-9-13(25-18(14)17)7-4-8-15(20)21/h10,13-14,18,22H,1,3-9H2,2H3,(H3,20,21)(H,23,24). The summed E-state index contributed by atoms with van der Waals surface area (Å²) in [6, 6.07) is 0. The molecule has 3 unspecified atom stereocenters. The molecular weight excluding hydrogens is 332 g/mol. The van der Waals surface area contributed by atoms with Crippen LogP contribution < -0.4 is 11.1 Å². The quantitative estimate of drug-likeness (QED) is 0.319. The molecule has 0 spiro atoms. The van der Waals surface area contributed by atoms with Crippen molar-refractivity contribution in [2.45, 2.75) is 62.4 Å². The molecule has 6 heteroatoms. The number of anilines is 1. The fraction of sp³-hybridized carbons (Fsp3) is 0.579. The maximum atomic E-state index is 12.6. The summed E-state index contributed by atoms with van der Waals surface area (Å²) in [6.07, 6.45) is 8.63. The summed E-state index contributed by atoms with van der Waals surface area (Å²) in [5.74, 6) is 0.478. The summed E-state index contributed by atoms with van der Waals surface area (Å²) in [5, 5.41) is 11.2. The third kappa shape index (κ3) is 4.11. The van der Waals surface area contributed by atoms with E-state index in [2.05, 4.69) is 30.0 Å². The molecular formula is C19H28N4OS. The Labute approximate surface area is 153 Å². The Morgan fingerprint density at radius 2 is 2.24 bits per heavy atom. The number of aromatic amines is 1. The predicted octanol–water partition coefficient (Wildman–Crippen LogP) is 4.13. The van der Waals surface area contributed by atoms with Crippen molar-refractivity contribution in [3.05, 3.63) is 29.6 Å². The first-order valence-electron chi connectivity index (χ1n) is 9.09. The smallest absolute Gasteiger partial charge is 0.229 e. The van der Waals surface area contributed by atoms with E-state index in [0.29, 0.717) is 11.7 Å². The number of aromatic nitrogens is 1. The van der Waals surface area contributed by atoms with Crippen molar-refractivity contribution in [2.24, 2.45) is 11.7 Å². The van der Waals surface area contributed by atoms with Gasteiger partial charge in [-0.15, -0.1) is 18.3 Å². The second kappa shape index (κ2) is 7.68. The molecule has 5 nitrogen and oxygen atoms in total.